The molecule has 0 spiro atoms. The third-order valence-electron chi connectivity index (χ3n) is 2.75. The normalized spacial score (nSPS) is 13.6. The summed E-state index contributed by atoms with van der Waals surface area (Å²) in [6, 6.07) is 5.78. The number of carbonyl (C=O) groups is 1. The number of hydrogen-bond donors (Lipinski definition) is 0. The van der Waals surface area contributed by atoms with Gasteiger partial charge in [-0.1, -0.05) is 0 Å². The van der Waals surface area contributed by atoms with Crippen molar-refractivity contribution in [2.75, 3.05) is 32.6 Å². The van der Waals surface area contributed by atoms with Gasteiger partial charge < -0.3 is 14.5 Å². The molecule has 0 unspecified atom stereocenters. The van der Waals surface area contributed by atoms with Gasteiger partial charge in [0.25, 0.3) is 0 Å². The van der Waals surface area contributed by atoms with Gasteiger partial charge in [-0.2, -0.15) is 0 Å². The summed E-state index contributed by atoms with van der Waals surface area (Å²) >= 11 is 0. The van der Waals surface area contributed by atoms with E-state index in [9.17, 15) is 4.79 Å². The minimum atomic E-state index is -0.341. The standard InChI is InChI=1S/C12H16N2O2/c1-13(2)12(15)16-10-4-5-11-9(8-10)6-7-14(11)3/h4-5,8H,6-7H2,1-3H3. The van der Waals surface area contributed by atoms with Gasteiger partial charge in [-0.3, -0.25) is 0 Å². The molecule has 1 amide bonds. The molecule has 4 nitrogen and oxygen atoms in total. The van der Waals surface area contributed by atoms with Gasteiger partial charge in [0, 0.05) is 33.4 Å². The van der Waals surface area contributed by atoms with Crippen LogP contribution in [0.5, 0.6) is 5.75 Å². The Bertz CT molecular complexity index is 415. The second-order valence-corrected chi connectivity index (χ2v) is 4.22. The molecule has 1 aliphatic rings. The predicted octanol–water partition coefficient (Wildman–Crippen LogP) is 1.74. The van der Waals surface area contributed by atoms with Crippen LogP contribution < -0.4 is 9.64 Å². The van der Waals surface area contributed by atoms with Crippen LogP contribution in [0.2, 0.25) is 0 Å². The van der Waals surface area contributed by atoms with Gasteiger partial charge in [-0.05, 0) is 30.2 Å². The second-order valence-electron chi connectivity index (χ2n) is 4.22. The van der Waals surface area contributed by atoms with Gasteiger partial charge in [0.2, 0.25) is 0 Å². The van der Waals surface area contributed by atoms with Gasteiger partial charge in [0.05, 0.1) is 0 Å². The third-order valence-corrected chi connectivity index (χ3v) is 2.75. The van der Waals surface area contributed by atoms with Crippen molar-refractivity contribution in [2.45, 2.75) is 6.42 Å². The Balaban J connectivity index is 2.16. The number of likely N-dealkylation sites (N-methyl/N-ethyl adjacent to an activating group) is 1. The molecule has 0 saturated heterocycles. The maximum atomic E-state index is 11.4. The Morgan fingerprint density at radius 2 is 2.19 bits per heavy atom. The molecule has 0 aliphatic carbocycles. The van der Waals surface area contributed by atoms with Gasteiger partial charge in [0.15, 0.2) is 0 Å². The summed E-state index contributed by atoms with van der Waals surface area (Å²) in [7, 11) is 5.41. The molecular formula is C12H16N2O2. The van der Waals surface area contributed by atoms with Crippen LogP contribution in [0.1, 0.15) is 5.56 Å². The second kappa shape index (κ2) is 4.04. The van der Waals surface area contributed by atoms with E-state index in [0.717, 1.165) is 13.0 Å². The SMILES string of the molecule is CN(C)C(=O)Oc1ccc2c(c1)CCN2C. The lowest BCUT2D eigenvalue weighted by molar-refractivity contribution is 0.172. The average Bonchev–Trinajstić information content (AvgIpc) is 2.60. The van der Waals surface area contributed by atoms with E-state index in [2.05, 4.69) is 11.9 Å². The minimum Gasteiger partial charge on any atom is -0.410 e. The summed E-state index contributed by atoms with van der Waals surface area (Å²) in [6.07, 6.45) is 0.672. The Kier molecular flexibility index (Phi) is 2.73. The number of anilines is 1. The predicted molar refractivity (Wildman–Crippen MR) is 63.1 cm³/mol. The first-order valence-electron chi connectivity index (χ1n) is 5.31. The highest BCUT2D eigenvalue weighted by Gasteiger charge is 2.17. The summed E-state index contributed by atoms with van der Waals surface area (Å²) in [6.45, 7) is 1.03. The van der Waals surface area contributed by atoms with E-state index in [1.165, 1.54) is 16.2 Å². The molecule has 2 rings (SSSR count). The van der Waals surface area contributed by atoms with Crippen LogP contribution in [-0.2, 0) is 6.42 Å². The van der Waals surface area contributed by atoms with E-state index in [-0.39, 0.29) is 6.09 Å². The van der Waals surface area contributed by atoms with Gasteiger partial charge in [-0.25, -0.2) is 4.79 Å². The van der Waals surface area contributed by atoms with Crippen molar-refractivity contribution in [3.8, 4) is 5.75 Å². The monoisotopic (exact) mass is 220 g/mol. The van der Waals surface area contributed by atoms with Crippen molar-refractivity contribution >= 4 is 11.8 Å². The molecule has 0 N–H and O–H groups in total. The summed E-state index contributed by atoms with van der Waals surface area (Å²) in [5.41, 5.74) is 2.47. The molecule has 1 aromatic rings. The van der Waals surface area contributed by atoms with Crippen LogP contribution in [0.4, 0.5) is 10.5 Å². The van der Waals surface area contributed by atoms with Gasteiger partial charge >= 0.3 is 6.09 Å². The zero-order valence-corrected chi connectivity index (χ0v) is 9.86. The summed E-state index contributed by atoms with van der Waals surface area (Å²) in [5, 5.41) is 0. The summed E-state index contributed by atoms with van der Waals surface area (Å²) < 4.78 is 5.20. The highest BCUT2D eigenvalue weighted by Crippen LogP contribution is 2.30. The topological polar surface area (TPSA) is 32.8 Å². The molecule has 0 aromatic heterocycles. The van der Waals surface area contributed by atoms with Crippen molar-refractivity contribution in [1.29, 1.82) is 0 Å². The lowest BCUT2D eigenvalue weighted by Crippen LogP contribution is -2.25. The highest BCUT2D eigenvalue weighted by atomic mass is 16.6. The largest absolute Gasteiger partial charge is 0.414 e. The zero-order valence-electron chi connectivity index (χ0n) is 9.86. The molecule has 0 saturated carbocycles. The van der Waals surface area contributed by atoms with Gasteiger partial charge in [0.1, 0.15) is 5.75 Å². The Morgan fingerprint density at radius 1 is 1.44 bits per heavy atom. The number of rotatable bonds is 1. The number of hydrogen-bond acceptors (Lipinski definition) is 3. The number of benzene rings is 1. The smallest absolute Gasteiger partial charge is 0.410 e. The molecule has 16 heavy (non-hydrogen) atoms. The van der Waals surface area contributed by atoms with E-state index in [1.54, 1.807) is 14.1 Å². The highest BCUT2D eigenvalue weighted by molar-refractivity contribution is 5.71. The lowest BCUT2D eigenvalue weighted by atomic mass is 10.1. The van der Waals surface area contributed by atoms with Crippen molar-refractivity contribution in [3.63, 3.8) is 0 Å². The average molecular weight is 220 g/mol. The molecule has 1 aromatic carbocycles. The van der Waals surface area contributed by atoms with Crippen LogP contribution in [0.25, 0.3) is 0 Å². The van der Waals surface area contributed by atoms with Crippen molar-refractivity contribution in [2.24, 2.45) is 0 Å². The van der Waals surface area contributed by atoms with Crippen molar-refractivity contribution in [3.05, 3.63) is 23.8 Å². The fourth-order valence-electron chi connectivity index (χ4n) is 1.80. The molecule has 0 bridgehead atoms. The van der Waals surface area contributed by atoms with Crippen LogP contribution in [0, 0.1) is 0 Å². The first-order chi connectivity index (χ1) is 7.58. The van der Waals surface area contributed by atoms with Crippen LogP contribution in [0.15, 0.2) is 18.2 Å². The zero-order chi connectivity index (χ0) is 11.7. The van der Waals surface area contributed by atoms with Crippen molar-refractivity contribution < 1.29 is 9.53 Å². The number of fused-ring (bicyclic) bond motifs is 1. The summed E-state index contributed by atoms with van der Waals surface area (Å²) in [5.74, 6) is 0.618. The number of nitrogens with zero attached hydrogens (tertiary/aromatic N) is 2. The summed E-state index contributed by atoms with van der Waals surface area (Å²) in [4.78, 5) is 15.0. The maximum absolute atomic E-state index is 11.4. The van der Waals surface area contributed by atoms with Gasteiger partial charge in [-0.15, -0.1) is 0 Å². The van der Waals surface area contributed by atoms with E-state index < -0.39 is 0 Å². The molecular weight excluding hydrogens is 204 g/mol. The van der Waals surface area contributed by atoms with Crippen molar-refractivity contribution in [1.82, 2.24) is 4.90 Å². The lowest BCUT2D eigenvalue weighted by Gasteiger charge is -2.13. The molecule has 86 valence electrons. The maximum Gasteiger partial charge on any atom is 0.414 e. The Labute approximate surface area is 95.4 Å². The fourth-order valence-corrected chi connectivity index (χ4v) is 1.80. The molecule has 4 heteroatoms. The molecule has 1 aliphatic heterocycles. The first-order valence-corrected chi connectivity index (χ1v) is 5.31. The molecule has 0 radical (unpaired) electrons. The number of amides is 1. The minimum absolute atomic E-state index is 0.341. The van der Waals surface area contributed by atoms with E-state index in [0.29, 0.717) is 5.75 Å². The first kappa shape index (κ1) is 10.8. The molecule has 0 fully saturated rings. The molecule has 1 heterocycles. The number of ether oxygens (including phenoxy) is 1. The third kappa shape index (κ3) is 1.96. The molecule has 0 atom stereocenters. The Morgan fingerprint density at radius 3 is 2.88 bits per heavy atom. The number of carbonyl (C=O) groups excluding carboxylic acids is 1. The quantitative estimate of drug-likeness (QED) is 0.722. The van der Waals surface area contributed by atoms with E-state index in [4.69, 9.17) is 4.74 Å². The Hall–Kier alpha value is -1.71. The fraction of sp³-hybridized carbons (Fsp3) is 0.417. The van der Waals surface area contributed by atoms with Crippen LogP contribution in [-0.4, -0.2) is 38.7 Å². The van der Waals surface area contributed by atoms with E-state index in [1.807, 2.05) is 18.2 Å². The van der Waals surface area contributed by atoms with E-state index >= 15 is 0 Å². The van der Waals surface area contributed by atoms with Crippen LogP contribution >= 0.6 is 0 Å². The van der Waals surface area contributed by atoms with Crippen LogP contribution in [0.3, 0.4) is 0 Å².